The van der Waals surface area contributed by atoms with Crippen molar-refractivity contribution in [2.24, 2.45) is 5.73 Å². The summed E-state index contributed by atoms with van der Waals surface area (Å²) < 4.78 is 2.34. The molecule has 4 heteroatoms. The first-order chi connectivity index (χ1) is 10.7. The SMILES string of the molecule is Cc1ccc(-c2nc3sc4c(n3c2CN)CCCC4)cc1C. The average molecular weight is 311 g/mol. The predicted molar refractivity (Wildman–Crippen MR) is 92.5 cm³/mol. The van der Waals surface area contributed by atoms with Crippen molar-refractivity contribution in [3.8, 4) is 11.3 Å². The maximum Gasteiger partial charge on any atom is 0.194 e. The molecular weight excluding hydrogens is 290 g/mol. The number of hydrogen-bond donors (Lipinski definition) is 1. The molecule has 0 spiro atoms. The smallest absolute Gasteiger partial charge is 0.194 e. The molecule has 0 unspecified atom stereocenters. The highest BCUT2D eigenvalue weighted by molar-refractivity contribution is 7.17. The van der Waals surface area contributed by atoms with E-state index in [1.807, 2.05) is 11.3 Å². The summed E-state index contributed by atoms with van der Waals surface area (Å²) in [5.41, 5.74) is 13.6. The van der Waals surface area contributed by atoms with Crippen molar-refractivity contribution in [2.45, 2.75) is 46.1 Å². The van der Waals surface area contributed by atoms with E-state index in [9.17, 15) is 0 Å². The molecule has 0 atom stereocenters. The van der Waals surface area contributed by atoms with Crippen LogP contribution in [0.15, 0.2) is 18.2 Å². The van der Waals surface area contributed by atoms with Crippen LogP contribution in [0.2, 0.25) is 0 Å². The second kappa shape index (κ2) is 5.21. The minimum absolute atomic E-state index is 0.534. The summed E-state index contributed by atoms with van der Waals surface area (Å²) >= 11 is 1.85. The third-order valence-corrected chi connectivity index (χ3v) is 5.93. The Bertz CT molecular complexity index is 857. The molecule has 2 aromatic heterocycles. The van der Waals surface area contributed by atoms with Crippen LogP contribution in [0, 0.1) is 13.8 Å². The lowest BCUT2D eigenvalue weighted by atomic mass is 10.0. The number of aromatic nitrogens is 2. The van der Waals surface area contributed by atoms with Gasteiger partial charge in [-0.2, -0.15) is 0 Å². The lowest BCUT2D eigenvalue weighted by Gasteiger charge is -2.12. The average Bonchev–Trinajstić information content (AvgIpc) is 3.05. The summed E-state index contributed by atoms with van der Waals surface area (Å²) in [6, 6.07) is 6.57. The molecule has 0 radical (unpaired) electrons. The topological polar surface area (TPSA) is 43.3 Å². The van der Waals surface area contributed by atoms with Crippen LogP contribution in [0.3, 0.4) is 0 Å². The Morgan fingerprint density at radius 2 is 2.00 bits per heavy atom. The van der Waals surface area contributed by atoms with Crippen LogP contribution in [-0.2, 0) is 19.4 Å². The molecule has 0 amide bonds. The van der Waals surface area contributed by atoms with Crippen molar-refractivity contribution in [1.29, 1.82) is 0 Å². The summed E-state index contributed by atoms with van der Waals surface area (Å²) in [5, 5.41) is 0. The molecule has 0 saturated carbocycles. The van der Waals surface area contributed by atoms with Crippen molar-refractivity contribution in [1.82, 2.24) is 9.38 Å². The van der Waals surface area contributed by atoms with E-state index in [2.05, 4.69) is 36.4 Å². The molecule has 1 aliphatic carbocycles. The van der Waals surface area contributed by atoms with Gasteiger partial charge in [-0.1, -0.05) is 12.1 Å². The summed E-state index contributed by atoms with van der Waals surface area (Å²) in [6.45, 7) is 4.83. The van der Waals surface area contributed by atoms with Gasteiger partial charge in [0.15, 0.2) is 4.96 Å². The Morgan fingerprint density at radius 1 is 1.18 bits per heavy atom. The van der Waals surface area contributed by atoms with E-state index in [0.717, 1.165) is 22.8 Å². The van der Waals surface area contributed by atoms with Gasteiger partial charge in [0.05, 0.1) is 11.4 Å². The minimum atomic E-state index is 0.534. The molecule has 114 valence electrons. The van der Waals surface area contributed by atoms with E-state index < -0.39 is 0 Å². The number of hydrogen-bond acceptors (Lipinski definition) is 3. The van der Waals surface area contributed by atoms with Crippen molar-refractivity contribution in [3.63, 3.8) is 0 Å². The van der Waals surface area contributed by atoms with Gasteiger partial charge < -0.3 is 5.73 Å². The van der Waals surface area contributed by atoms with E-state index in [1.165, 1.54) is 46.5 Å². The van der Waals surface area contributed by atoms with Gasteiger partial charge in [-0.3, -0.25) is 4.40 Å². The Morgan fingerprint density at radius 3 is 2.77 bits per heavy atom. The fraction of sp³-hybridized carbons (Fsp3) is 0.389. The van der Waals surface area contributed by atoms with E-state index in [0.29, 0.717) is 6.54 Å². The number of aryl methyl sites for hydroxylation is 4. The van der Waals surface area contributed by atoms with Gasteiger partial charge >= 0.3 is 0 Å². The fourth-order valence-corrected chi connectivity index (χ4v) is 4.63. The molecule has 1 aromatic carbocycles. The third-order valence-electron chi connectivity index (χ3n) is 4.79. The van der Waals surface area contributed by atoms with Crippen LogP contribution in [0.4, 0.5) is 0 Å². The summed E-state index contributed by atoms with van der Waals surface area (Å²) in [5.74, 6) is 0. The normalized spacial score (nSPS) is 14.5. The van der Waals surface area contributed by atoms with Crippen molar-refractivity contribution < 1.29 is 0 Å². The third kappa shape index (κ3) is 2.02. The molecule has 3 nitrogen and oxygen atoms in total. The van der Waals surface area contributed by atoms with Crippen LogP contribution >= 0.6 is 11.3 Å². The Kier molecular flexibility index (Phi) is 3.31. The first-order valence-electron chi connectivity index (χ1n) is 7.98. The molecule has 0 fully saturated rings. The highest BCUT2D eigenvalue weighted by Crippen LogP contribution is 2.35. The van der Waals surface area contributed by atoms with Gasteiger partial charge in [-0.15, -0.1) is 11.3 Å². The number of benzene rings is 1. The van der Waals surface area contributed by atoms with E-state index >= 15 is 0 Å². The van der Waals surface area contributed by atoms with E-state index in [1.54, 1.807) is 0 Å². The number of thiazole rings is 1. The maximum absolute atomic E-state index is 6.10. The predicted octanol–water partition coefficient (Wildman–Crippen LogP) is 4.02. The van der Waals surface area contributed by atoms with Crippen LogP contribution in [0.5, 0.6) is 0 Å². The Labute approximate surface area is 134 Å². The van der Waals surface area contributed by atoms with Crippen molar-refractivity contribution >= 4 is 16.3 Å². The second-order valence-corrected chi connectivity index (χ2v) is 7.27. The summed E-state index contributed by atoms with van der Waals surface area (Å²) in [4.78, 5) is 7.55. The van der Waals surface area contributed by atoms with Crippen LogP contribution in [-0.4, -0.2) is 9.38 Å². The van der Waals surface area contributed by atoms with E-state index in [-0.39, 0.29) is 0 Å². The first-order valence-corrected chi connectivity index (χ1v) is 8.80. The molecule has 1 aliphatic rings. The van der Waals surface area contributed by atoms with Crippen LogP contribution in [0.25, 0.3) is 16.2 Å². The number of nitrogens with two attached hydrogens (primary N) is 1. The van der Waals surface area contributed by atoms with Crippen molar-refractivity contribution in [3.05, 3.63) is 45.6 Å². The standard InChI is InChI=1S/C18H21N3S/c1-11-7-8-13(9-12(11)2)17-15(10-19)21-14-5-3-4-6-16(14)22-18(21)20-17/h7-9H,3-6,10,19H2,1-2H3. The lowest BCUT2D eigenvalue weighted by molar-refractivity contribution is 0.670. The molecule has 22 heavy (non-hydrogen) atoms. The lowest BCUT2D eigenvalue weighted by Crippen LogP contribution is -2.08. The number of fused-ring (bicyclic) bond motifs is 3. The highest BCUT2D eigenvalue weighted by Gasteiger charge is 2.22. The van der Waals surface area contributed by atoms with Crippen LogP contribution in [0.1, 0.15) is 40.2 Å². The minimum Gasteiger partial charge on any atom is -0.325 e. The Hall–Kier alpha value is -1.65. The van der Waals surface area contributed by atoms with Gasteiger partial charge in [0.25, 0.3) is 0 Å². The highest BCUT2D eigenvalue weighted by atomic mass is 32.1. The van der Waals surface area contributed by atoms with E-state index in [4.69, 9.17) is 10.7 Å². The quantitative estimate of drug-likeness (QED) is 0.777. The number of imidazole rings is 1. The first kappa shape index (κ1) is 14.0. The largest absolute Gasteiger partial charge is 0.325 e. The van der Waals surface area contributed by atoms with Crippen molar-refractivity contribution in [2.75, 3.05) is 0 Å². The zero-order chi connectivity index (χ0) is 15.3. The monoisotopic (exact) mass is 311 g/mol. The summed E-state index contributed by atoms with van der Waals surface area (Å²) in [6.07, 6.45) is 4.94. The molecule has 0 bridgehead atoms. The maximum atomic E-state index is 6.10. The van der Waals surface area contributed by atoms with Gasteiger partial charge in [-0.05, 0) is 56.7 Å². The van der Waals surface area contributed by atoms with Gasteiger partial charge in [0, 0.05) is 22.7 Å². The van der Waals surface area contributed by atoms with Gasteiger partial charge in [0.1, 0.15) is 0 Å². The molecule has 2 heterocycles. The second-order valence-electron chi connectivity index (χ2n) is 6.21. The Balaban J connectivity index is 1.94. The zero-order valence-corrected chi connectivity index (χ0v) is 14.0. The molecule has 2 N–H and O–H groups in total. The van der Waals surface area contributed by atoms with Crippen LogP contribution < -0.4 is 5.73 Å². The molecule has 4 rings (SSSR count). The number of nitrogens with zero attached hydrogens (tertiary/aromatic N) is 2. The molecule has 0 saturated heterocycles. The molecular formula is C18H21N3S. The molecule has 0 aliphatic heterocycles. The fourth-order valence-electron chi connectivity index (χ4n) is 3.40. The van der Waals surface area contributed by atoms with Gasteiger partial charge in [0.2, 0.25) is 0 Å². The summed E-state index contributed by atoms with van der Waals surface area (Å²) in [7, 11) is 0. The number of rotatable bonds is 2. The zero-order valence-electron chi connectivity index (χ0n) is 13.1. The molecule has 3 aromatic rings. The van der Waals surface area contributed by atoms with Gasteiger partial charge in [-0.25, -0.2) is 4.98 Å².